The molecule has 3 aromatic rings. The van der Waals surface area contributed by atoms with Crippen LogP contribution in [0.25, 0.3) is 10.9 Å². The number of hydrogen-bond acceptors (Lipinski definition) is 6. The maximum atomic E-state index is 12.3. The molecule has 0 bridgehead atoms. The van der Waals surface area contributed by atoms with Gasteiger partial charge in [0, 0.05) is 11.6 Å². The van der Waals surface area contributed by atoms with Crippen molar-refractivity contribution in [2.75, 3.05) is 23.4 Å². The number of pyridine rings is 1. The Hall–Kier alpha value is -2.51. The van der Waals surface area contributed by atoms with E-state index in [1.807, 2.05) is 59.9 Å². The third kappa shape index (κ3) is 4.92. The van der Waals surface area contributed by atoms with Crippen molar-refractivity contribution >= 4 is 52.0 Å². The van der Waals surface area contributed by atoms with Crippen molar-refractivity contribution in [2.45, 2.75) is 11.0 Å². The fourth-order valence-corrected chi connectivity index (χ4v) is 5.96. The molecular formula is C22H20N2O3S2. The number of nitrogens with zero attached hydrogens (tertiary/aromatic N) is 1. The summed E-state index contributed by atoms with van der Waals surface area (Å²) in [6.07, 6.45) is 2.94. The summed E-state index contributed by atoms with van der Waals surface area (Å²) in [7, 11) is 0. The second kappa shape index (κ2) is 9.33. The number of hydrogen-bond donors (Lipinski definition) is 1. The predicted octanol–water partition coefficient (Wildman–Crippen LogP) is 4.90. The van der Waals surface area contributed by atoms with Gasteiger partial charge in [-0.15, -0.1) is 23.5 Å². The van der Waals surface area contributed by atoms with Crippen molar-refractivity contribution in [3.05, 3.63) is 71.9 Å². The first-order valence-corrected chi connectivity index (χ1v) is 11.4. The zero-order valence-electron chi connectivity index (χ0n) is 15.7. The number of amides is 1. The molecule has 1 aliphatic heterocycles. The number of aromatic nitrogens is 1. The van der Waals surface area contributed by atoms with Crippen LogP contribution in [0.3, 0.4) is 0 Å². The highest BCUT2D eigenvalue weighted by atomic mass is 32.2. The lowest BCUT2D eigenvalue weighted by Crippen LogP contribution is -2.21. The maximum absolute atomic E-state index is 12.3. The average molecular weight is 425 g/mol. The summed E-state index contributed by atoms with van der Waals surface area (Å²) in [4.78, 5) is 28.8. The van der Waals surface area contributed by atoms with Crippen LogP contribution in [-0.2, 0) is 9.53 Å². The van der Waals surface area contributed by atoms with Gasteiger partial charge in [-0.1, -0.05) is 18.2 Å². The summed E-state index contributed by atoms with van der Waals surface area (Å²) >= 11 is 3.87. The molecule has 0 unspecified atom stereocenters. The minimum absolute atomic E-state index is 0.342. The first kappa shape index (κ1) is 19.8. The van der Waals surface area contributed by atoms with E-state index in [1.165, 1.54) is 23.5 Å². The number of ether oxygens (including phenoxy) is 1. The molecule has 0 saturated carbocycles. The minimum Gasteiger partial charge on any atom is -0.452 e. The van der Waals surface area contributed by atoms with Gasteiger partial charge in [0.05, 0.1) is 21.3 Å². The third-order valence-corrected chi connectivity index (χ3v) is 7.51. The van der Waals surface area contributed by atoms with Gasteiger partial charge in [-0.25, -0.2) is 4.79 Å². The monoisotopic (exact) mass is 424 g/mol. The van der Waals surface area contributed by atoms with E-state index in [2.05, 4.69) is 10.3 Å². The Kier molecular flexibility index (Phi) is 6.36. The number of nitrogens with one attached hydrogen (secondary N) is 1. The molecule has 1 aromatic heterocycles. The maximum Gasteiger partial charge on any atom is 0.338 e. The van der Waals surface area contributed by atoms with Crippen LogP contribution < -0.4 is 5.32 Å². The first-order chi connectivity index (χ1) is 14.2. The van der Waals surface area contributed by atoms with Crippen LogP contribution in [0, 0.1) is 0 Å². The molecule has 1 aliphatic rings. The Bertz CT molecular complexity index is 1010. The Morgan fingerprint density at radius 1 is 1.03 bits per heavy atom. The molecule has 2 aromatic carbocycles. The summed E-state index contributed by atoms with van der Waals surface area (Å²) in [6, 6.07) is 16.7. The standard InChI is InChI=1S/C22H20N2O3S2/c25-20(24-19-6-1-5-18-17(19)4-2-11-23-18)14-27-21(26)15-7-9-16(10-8-15)22-28-12-3-13-29-22/h1-2,4-11,22H,3,12-14H2,(H,24,25). The molecule has 1 saturated heterocycles. The summed E-state index contributed by atoms with van der Waals surface area (Å²) in [5.41, 5.74) is 3.08. The molecule has 7 heteroatoms. The Balaban J connectivity index is 1.33. The summed E-state index contributed by atoms with van der Waals surface area (Å²) < 4.78 is 5.61. The van der Waals surface area contributed by atoms with Gasteiger partial charge in [-0.3, -0.25) is 9.78 Å². The zero-order chi connectivity index (χ0) is 20.1. The molecule has 148 valence electrons. The topological polar surface area (TPSA) is 68.3 Å². The molecule has 0 atom stereocenters. The van der Waals surface area contributed by atoms with Crippen molar-refractivity contribution < 1.29 is 14.3 Å². The van der Waals surface area contributed by atoms with Crippen LogP contribution in [0.15, 0.2) is 60.8 Å². The quantitative estimate of drug-likeness (QED) is 0.588. The Labute approximate surface area is 177 Å². The van der Waals surface area contributed by atoms with E-state index < -0.39 is 5.97 Å². The number of carbonyl (C=O) groups excluding carboxylic acids is 2. The number of thioether (sulfide) groups is 2. The van der Waals surface area contributed by atoms with Gasteiger partial charge in [0.15, 0.2) is 6.61 Å². The average Bonchev–Trinajstić information content (AvgIpc) is 2.78. The molecule has 4 rings (SSSR count). The van der Waals surface area contributed by atoms with Crippen molar-refractivity contribution in [1.29, 1.82) is 0 Å². The van der Waals surface area contributed by atoms with Gasteiger partial charge < -0.3 is 10.1 Å². The second-order valence-corrected chi connectivity index (χ2v) is 9.27. The molecule has 1 amide bonds. The highest BCUT2D eigenvalue weighted by molar-refractivity contribution is 8.16. The van der Waals surface area contributed by atoms with Crippen molar-refractivity contribution in [3.63, 3.8) is 0 Å². The number of carbonyl (C=O) groups is 2. The van der Waals surface area contributed by atoms with Crippen LogP contribution in [0.5, 0.6) is 0 Å². The normalized spacial score (nSPS) is 14.5. The predicted molar refractivity (Wildman–Crippen MR) is 119 cm³/mol. The third-order valence-electron chi connectivity index (χ3n) is 4.50. The van der Waals surface area contributed by atoms with Gasteiger partial charge in [0.2, 0.25) is 0 Å². The van der Waals surface area contributed by atoms with Crippen LogP contribution in [0.1, 0.15) is 26.9 Å². The van der Waals surface area contributed by atoms with Gasteiger partial charge in [-0.05, 0) is 59.9 Å². The molecular weight excluding hydrogens is 404 g/mol. The number of rotatable bonds is 5. The highest BCUT2D eigenvalue weighted by Crippen LogP contribution is 2.43. The van der Waals surface area contributed by atoms with Gasteiger partial charge in [0.25, 0.3) is 5.91 Å². The molecule has 0 spiro atoms. The summed E-state index contributed by atoms with van der Waals surface area (Å²) in [5, 5.41) is 3.62. The highest BCUT2D eigenvalue weighted by Gasteiger charge is 2.17. The number of anilines is 1. The number of benzene rings is 2. The van der Waals surface area contributed by atoms with E-state index in [-0.39, 0.29) is 12.5 Å². The second-order valence-electron chi connectivity index (χ2n) is 6.55. The minimum atomic E-state index is -0.504. The van der Waals surface area contributed by atoms with Crippen molar-refractivity contribution in [2.24, 2.45) is 0 Å². The molecule has 1 fully saturated rings. The summed E-state index contributed by atoms with van der Waals surface area (Å²) in [6.45, 7) is -0.342. The van der Waals surface area contributed by atoms with E-state index in [9.17, 15) is 9.59 Å². The number of esters is 1. The molecule has 0 radical (unpaired) electrons. The van der Waals surface area contributed by atoms with Crippen LogP contribution in [0.2, 0.25) is 0 Å². The van der Waals surface area contributed by atoms with Crippen LogP contribution in [-0.4, -0.2) is 35.0 Å². The van der Waals surface area contributed by atoms with E-state index in [4.69, 9.17) is 4.74 Å². The van der Waals surface area contributed by atoms with Gasteiger partial charge in [0.1, 0.15) is 0 Å². The lowest BCUT2D eigenvalue weighted by molar-refractivity contribution is -0.119. The van der Waals surface area contributed by atoms with E-state index in [0.29, 0.717) is 15.8 Å². The van der Waals surface area contributed by atoms with E-state index in [0.717, 1.165) is 10.9 Å². The fourth-order valence-electron chi connectivity index (χ4n) is 3.07. The molecule has 29 heavy (non-hydrogen) atoms. The fraction of sp³-hybridized carbons (Fsp3) is 0.227. The molecule has 1 N–H and O–H groups in total. The Morgan fingerprint density at radius 3 is 2.62 bits per heavy atom. The van der Waals surface area contributed by atoms with Crippen molar-refractivity contribution in [3.8, 4) is 0 Å². The lowest BCUT2D eigenvalue weighted by atomic mass is 10.1. The lowest BCUT2D eigenvalue weighted by Gasteiger charge is -2.21. The first-order valence-electron chi connectivity index (χ1n) is 9.34. The SMILES string of the molecule is O=C(COC(=O)c1ccc(C2SCCCS2)cc1)Nc1cccc2ncccc12. The van der Waals surface area contributed by atoms with Gasteiger partial charge >= 0.3 is 5.97 Å². The Morgan fingerprint density at radius 2 is 1.83 bits per heavy atom. The molecule has 0 aliphatic carbocycles. The van der Waals surface area contributed by atoms with E-state index >= 15 is 0 Å². The zero-order valence-corrected chi connectivity index (χ0v) is 17.3. The van der Waals surface area contributed by atoms with Crippen LogP contribution >= 0.6 is 23.5 Å². The van der Waals surface area contributed by atoms with Gasteiger partial charge in [-0.2, -0.15) is 0 Å². The van der Waals surface area contributed by atoms with E-state index in [1.54, 1.807) is 24.4 Å². The van der Waals surface area contributed by atoms with Crippen molar-refractivity contribution in [1.82, 2.24) is 4.98 Å². The largest absolute Gasteiger partial charge is 0.452 e. The summed E-state index contributed by atoms with van der Waals surface area (Å²) in [5.74, 6) is 1.45. The van der Waals surface area contributed by atoms with Crippen LogP contribution in [0.4, 0.5) is 5.69 Å². The smallest absolute Gasteiger partial charge is 0.338 e. The number of fused-ring (bicyclic) bond motifs is 1. The molecule has 2 heterocycles. The molecule has 5 nitrogen and oxygen atoms in total.